The molecular formula is C25H21Cl2HfP. The number of halogens is 2. The van der Waals surface area contributed by atoms with Gasteiger partial charge in [0.1, 0.15) is 0 Å². The summed E-state index contributed by atoms with van der Waals surface area (Å²) in [4.78, 5) is 0. The Morgan fingerprint density at radius 1 is 0.759 bits per heavy atom. The van der Waals surface area contributed by atoms with Crippen LogP contribution in [0.3, 0.4) is 0 Å². The maximum atomic E-state index is 2.49. The second-order valence-corrected chi connectivity index (χ2v) is 14.0. The zero-order valence-electron chi connectivity index (χ0n) is 16.1. The van der Waals surface area contributed by atoms with E-state index >= 15 is 0 Å². The Hall–Kier alpha value is -0.980. The van der Waals surface area contributed by atoms with Gasteiger partial charge in [0.05, 0.1) is 0 Å². The zero-order chi connectivity index (χ0) is 18.2. The van der Waals surface area contributed by atoms with Gasteiger partial charge in [-0.25, -0.2) is 0 Å². The third kappa shape index (κ3) is 4.40. The fraction of sp³-hybridized carbons (Fsp3) is 0.120. The van der Waals surface area contributed by atoms with E-state index in [0.29, 0.717) is 7.35 Å². The summed E-state index contributed by atoms with van der Waals surface area (Å²) in [5.74, 6) is 0. The van der Waals surface area contributed by atoms with Gasteiger partial charge < -0.3 is 24.8 Å². The molecule has 0 nitrogen and oxygen atoms in total. The Kier molecular flexibility index (Phi) is 7.74. The predicted molar refractivity (Wildman–Crippen MR) is 114 cm³/mol. The number of allylic oxidation sites excluding steroid dienone is 2. The summed E-state index contributed by atoms with van der Waals surface area (Å²) in [6.07, 6.45) is 4.83. The van der Waals surface area contributed by atoms with Crippen LogP contribution in [0.5, 0.6) is 0 Å². The molecule has 3 aromatic rings. The normalized spacial score (nSPS) is 18.8. The monoisotopic (exact) mass is 602 g/mol. The van der Waals surface area contributed by atoms with Crippen molar-refractivity contribution < 1.29 is 47.7 Å². The Labute approximate surface area is 198 Å². The maximum absolute atomic E-state index is 2.49. The van der Waals surface area contributed by atoms with Crippen LogP contribution in [0.2, 0.25) is 0 Å². The van der Waals surface area contributed by atoms with Gasteiger partial charge in [0.25, 0.3) is 0 Å². The molecule has 0 bridgehead atoms. The molecule has 0 amide bonds. The fourth-order valence-corrected chi connectivity index (χ4v) is 12.6. The molecule has 0 aromatic heterocycles. The number of hydrogen-bond donors (Lipinski definition) is 0. The minimum absolute atomic E-state index is 0. The average molecular weight is 602 g/mol. The van der Waals surface area contributed by atoms with E-state index in [1.165, 1.54) is 16.4 Å². The number of rotatable bonds is 4. The first-order valence-corrected chi connectivity index (χ1v) is 14.6. The second kappa shape index (κ2) is 9.88. The van der Waals surface area contributed by atoms with Crippen molar-refractivity contribution >= 4 is 25.3 Å². The van der Waals surface area contributed by atoms with Crippen LogP contribution in [-0.4, -0.2) is 0 Å². The molecule has 0 radical (unpaired) electrons. The fourth-order valence-electron chi connectivity index (χ4n) is 4.19. The Morgan fingerprint density at radius 2 is 1.41 bits per heavy atom. The molecule has 3 atom stereocenters. The van der Waals surface area contributed by atoms with Crippen LogP contribution in [0.1, 0.15) is 36.5 Å². The molecule has 0 fully saturated rings. The molecule has 3 unspecified atom stereocenters. The second-order valence-electron chi connectivity index (χ2n) is 7.20. The molecule has 0 aliphatic heterocycles. The van der Waals surface area contributed by atoms with Crippen LogP contribution in [0, 0.1) is 0 Å². The summed E-state index contributed by atoms with van der Waals surface area (Å²) in [5, 5.41) is 3.05. The SMILES string of the molecule is CC1=C(Pc2ccccc2)c2ccccc2[CH]1[Hf+2][CH]1C=Cc2ccccc21.[Cl-].[Cl-]. The minimum atomic E-state index is -0.973. The standard InChI is InChI=1S/C16H14P.C9H7.2ClH.Hf/c1-12-11-13-7-5-6-10-15(13)16(12)17-14-8-3-2-4-9-14;1-2-5-9-7-3-6-8(9)4-1;;;/h2-11,17H,1H3;1-7H;2*1H;/q;;;;+2/p-2. The van der Waals surface area contributed by atoms with Crippen LogP contribution < -0.4 is 30.1 Å². The first-order valence-electron chi connectivity index (χ1n) is 9.46. The average Bonchev–Trinajstić information content (AvgIpc) is 3.24. The molecule has 0 saturated heterocycles. The van der Waals surface area contributed by atoms with E-state index in [-0.39, 0.29) is 24.8 Å². The number of hydrogen-bond acceptors (Lipinski definition) is 0. The van der Waals surface area contributed by atoms with Gasteiger partial charge in [-0.2, -0.15) is 0 Å². The van der Waals surface area contributed by atoms with Gasteiger partial charge in [-0.05, 0) is 0 Å². The largest absolute Gasteiger partial charge is 1.00 e. The summed E-state index contributed by atoms with van der Waals surface area (Å²) in [7, 11) is 0.761. The van der Waals surface area contributed by atoms with Crippen molar-refractivity contribution in [3.05, 3.63) is 113 Å². The summed E-state index contributed by atoms with van der Waals surface area (Å²) < 4.78 is 1.43. The first kappa shape index (κ1) is 22.7. The smallest absolute Gasteiger partial charge is 1.00 e. The molecule has 2 aliphatic rings. The van der Waals surface area contributed by atoms with E-state index in [9.17, 15) is 0 Å². The molecule has 0 saturated carbocycles. The van der Waals surface area contributed by atoms with E-state index < -0.39 is 22.9 Å². The van der Waals surface area contributed by atoms with E-state index in [1.54, 1.807) is 22.0 Å². The van der Waals surface area contributed by atoms with Crippen molar-refractivity contribution in [2.75, 3.05) is 0 Å². The number of fused-ring (bicyclic) bond motifs is 2. The number of benzene rings is 3. The molecule has 2 aliphatic carbocycles. The van der Waals surface area contributed by atoms with Crippen LogP contribution in [-0.2, 0) is 22.9 Å². The summed E-state index contributed by atoms with van der Waals surface area (Å²) in [6.45, 7) is 2.41. The third-order valence-electron chi connectivity index (χ3n) is 5.56. The summed E-state index contributed by atoms with van der Waals surface area (Å²) in [5.41, 5.74) is 7.79. The zero-order valence-corrected chi connectivity index (χ0v) is 22.2. The predicted octanol–water partition coefficient (Wildman–Crippen LogP) is 0.335. The molecule has 29 heavy (non-hydrogen) atoms. The van der Waals surface area contributed by atoms with E-state index in [2.05, 4.69) is 97.9 Å². The van der Waals surface area contributed by atoms with Gasteiger partial charge in [-0.1, -0.05) is 0 Å². The van der Waals surface area contributed by atoms with Crippen molar-refractivity contribution in [1.29, 1.82) is 0 Å². The molecule has 0 heterocycles. The van der Waals surface area contributed by atoms with Gasteiger partial charge >= 0.3 is 175 Å². The molecule has 3 aromatic carbocycles. The van der Waals surface area contributed by atoms with Crippen LogP contribution in [0.15, 0.2) is 90.5 Å². The van der Waals surface area contributed by atoms with Gasteiger partial charge in [-0.3, -0.25) is 0 Å². The third-order valence-corrected chi connectivity index (χ3v) is 14.1. The molecule has 0 N–H and O–H groups in total. The van der Waals surface area contributed by atoms with Crippen molar-refractivity contribution in [3.63, 3.8) is 0 Å². The van der Waals surface area contributed by atoms with Crippen molar-refractivity contribution in [3.8, 4) is 0 Å². The Morgan fingerprint density at radius 3 is 2.21 bits per heavy atom. The van der Waals surface area contributed by atoms with E-state index in [4.69, 9.17) is 0 Å². The van der Waals surface area contributed by atoms with Crippen molar-refractivity contribution in [1.82, 2.24) is 0 Å². The Bertz CT molecular complexity index is 1060. The van der Waals surface area contributed by atoms with E-state index in [1.807, 2.05) is 0 Å². The topological polar surface area (TPSA) is 0 Å². The quantitative estimate of drug-likeness (QED) is 0.299. The molecule has 0 spiro atoms. The van der Waals surface area contributed by atoms with E-state index in [0.717, 1.165) is 8.58 Å². The maximum Gasteiger partial charge on any atom is -1.00 e. The van der Waals surface area contributed by atoms with Crippen molar-refractivity contribution in [2.24, 2.45) is 0 Å². The summed E-state index contributed by atoms with van der Waals surface area (Å²) >= 11 is -0.973. The minimum Gasteiger partial charge on any atom is -1.00 e. The Balaban J connectivity index is 0.00000120. The van der Waals surface area contributed by atoms with Gasteiger partial charge in [0.2, 0.25) is 0 Å². The van der Waals surface area contributed by atoms with Gasteiger partial charge in [0, 0.05) is 0 Å². The first-order chi connectivity index (χ1) is 13.3. The van der Waals surface area contributed by atoms with Crippen LogP contribution >= 0.6 is 8.58 Å². The van der Waals surface area contributed by atoms with Crippen molar-refractivity contribution in [2.45, 2.75) is 14.3 Å². The van der Waals surface area contributed by atoms with Gasteiger partial charge in [0.15, 0.2) is 0 Å². The molecule has 144 valence electrons. The van der Waals surface area contributed by atoms with Crippen LogP contribution in [0.25, 0.3) is 11.4 Å². The summed E-state index contributed by atoms with van der Waals surface area (Å²) in [6, 6.07) is 29.1. The molecular weight excluding hydrogens is 581 g/mol. The molecule has 5 rings (SSSR count). The van der Waals surface area contributed by atoms with Gasteiger partial charge in [-0.15, -0.1) is 0 Å². The molecule has 4 heteroatoms. The van der Waals surface area contributed by atoms with Crippen LogP contribution in [0.4, 0.5) is 0 Å².